The molecule has 0 saturated heterocycles. The Bertz CT molecular complexity index is 186. The Morgan fingerprint density at radius 2 is 1.81 bits per heavy atom. The predicted octanol–water partition coefficient (Wildman–Crippen LogP) is 0.139. The molecule has 0 heterocycles. The Hall–Kier alpha value is -0.650. The van der Waals surface area contributed by atoms with Crippen molar-refractivity contribution in [1.29, 1.82) is 0 Å². The van der Waals surface area contributed by atoms with Crippen molar-refractivity contribution in [2.45, 2.75) is 26.8 Å². The molecular weight excluding hydrogens is 208 g/mol. The Kier molecular flexibility index (Phi) is 9.18. The van der Waals surface area contributed by atoms with Gasteiger partial charge < -0.3 is 20.5 Å². The van der Waals surface area contributed by atoms with Crippen molar-refractivity contribution in [3.63, 3.8) is 0 Å². The molecule has 96 valence electrons. The van der Waals surface area contributed by atoms with Crippen LogP contribution in [0.3, 0.4) is 0 Å². The number of primary amides is 1. The van der Waals surface area contributed by atoms with Crippen LogP contribution in [-0.2, 0) is 14.3 Å². The van der Waals surface area contributed by atoms with Crippen molar-refractivity contribution in [3.05, 3.63) is 0 Å². The zero-order valence-corrected chi connectivity index (χ0v) is 10.5. The van der Waals surface area contributed by atoms with Crippen LogP contribution in [0.2, 0.25) is 0 Å². The Balaban J connectivity index is 3.44. The van der Waals surface area contributed by atoms with Gasteiger partial charge in [0.25, 0.3) is 0 Å². The summed E-state index contributed by atoms with van der Waals surface area (Å²) in [5.74, 6) is 0.144. The fourth-order valence-corrected chi connectivity index (χ4v) is 1.13. The van der Waals surface area contributed by atoms with E-state index in [-0.39, 0.29) is 5.91 Å². The van der Waals surface area contributed by atoms with Crippen LogP contribution >= 0.6 is 0 Å². The zero-order chi connectivity index (χ0) is 12.4. The minimum absolute atomic E-state index is 0.300. The van der Waals surface area contributed by atoms with Crippen LogP contribution in [0, 0.1) is 5.92 Å². The summed E-state index contributed by atoms with van der Waals surface area (Å²) in [6.45, 7) is 8.87. The third-order valence-electron chi connectivity index (χ3n) is 1.90. The molecule has 1 atom stereocenters. The van der Waals surface area contributed by atoms with E-state index in [2.05, 4.69) is 19.2 Å². The van der Waals surface area contributed by atoms with E-state index in [1.165, 1.54) is 0 Å². The highest BCUT2D eigenvalue weighted by Gasteiger charge is 2.13. The second-order valence-corrected chi connectivity index (χ2v) is 4.06. The molecule has 0 aliphatic heterocycles. The lowest BCUT2D eigenvalue weighted by atomic mass is 10.2. The molecule has 3 N–H and O–H groups in total. The Labute approximate surface area is 97.7 Å². The van der Waals surface area contributed by atoms with E-state index in [4.69, 9.17) is 15.2 Å². The van der Waals surface area contributed by atoms with Gasteiger partial charge in [0.1, 0.15) is 6.04 Å². The van der Waals surface area contributed by atoms with Gasteiger partial charge in [-0.05, 0) is 12.5 Å². The van der Waals surface area contributed by atoms with Crippen LogP contribution < -0.4 is 11.1 Å². The number of nitrogens with two attached hydrogens (primary N) is 1. The first-order chi connectivity index (χ1) is 7.57. The van der Waals surface area contributed by atoms with Gasteiger partial charge >= 0.3 is 0 Å². The maximum Gasteiger partial charge on any atom is 0.236 e. The number of rotatable bonds is 10. The van der Waals surface area contributed by atoms with Crippen LogP contribution in [0.1, 0.15) is 20.8 Å². The van der Waals surface area contributed by atoms with Crippen LogP contribution in [0.15, 0.2) is 0 Å². The fourth-order valence-electron chi connectivity index (χ4n) is 1.13. The molecule has 16 heavy (non-hydrogen) atoms. The molecule has 5 nitrogen and oxygen atoms in total. The summed E-state index contributed by atoms with van der Waals surface area (Å²) in [4.78, 5) is 10.9. The number of hydrogen-bond donors (Lipinski definition) is 2. The van der Waals surface area contributed by atoms with E-state index in [0.29, 0.717) is 32.3 Å². The molecule has 1 amide bonds. The van der Waals surface area contributed by atoms with E-state index in [1.54, 1.807) is 0 Å². The first-order valence-corrected chi connectivity index (χ1v) is 5.76. The summed E-state index contributed by atoms with van der Waals surface area (Å²) in [5, 5.41) is 2.95. The number of carbonyl (C=O) groups excluding carboxylic acids is 1. The molecule has 0 aromatic rings. The van der Waals surface area contributed by atoms with Crippen molar-refractivity contribution >= 4 is 5.91 Å². The molecule has 0 spiro atoms. The van der Waals surface area contributed by atoms with Crippen molar-refractivity contribution < 1.29 is 14.3 Å². The predicted molar refractivity (Wildman–Crippen MR) is 63.1 cm³/mol. The minimum atomic E-state index is -0.407. The van der Waals surface area contributed by atoms with Crippen molar-refractivity contribution in [2.24, 2.45) is 11.7 Å². The zero-order valence-electron chi connectivity index (χ0n) is 10.5. The number of hydrogen-bond acceptors (Lipinski definition) is 4. The van der Waals surface area contributed by atoms with Gasteiger partial charge in [-0.25, -0.2) is 0 Å². The van der Waals surface area contributed by atoms with Gasteiger partial charge in [0.15, 0.2) is 0 Å². The number of amides is 1. The van der Waals surface area contributed by atoms with Gasteiger partial charge in [-0.15, -0.1) is 0 Å². The second kappa shape index (κ2) is 9.57. The molecule has 1 unspecified atom stereocenters. The molecule has 0 aromatic heterocycles. The average Bonchev–Trinajstić information content (AvgIpc) is 2.20. The first-order valence-electron chi connectivity index (χ1n) is 5.76. The quantitative estimate of drug-likeness (QED) is 0.525. The van der Waals surface area contributed by atoms with Gasteiger partial charge in [-0.2, -0.15) is 0 Å². The third kappa shape index (κ3) is 8.64. The fraction of sp³-hybridized carbons (Fsp3) is 0.909. The summed E-state index contributed by atoms with van der Waals surface area (Å²) >= 11 is 0. The summed E-state index contributed by atoms with van der Waals surface area (Å²) < 4.78 is 10.6. The second-order valence-electron chi connectivity index (χ2n) is 4.06. The van der Waals surface area contributed by atoms with Gasteiger partial charge in [-0.1, -0.05) is 20.8 Å². The van der Waals surface area contributed by atoms with Gasteiger partial charge in [0, 0.05) is 6.61 Å². The molecule has 0 aliphatic carbocycles. The highest BCUT2D eigenvalue weighted by Crippen LogP contribution is 1.92. The van der Waals surface area contributed by atoms with Crippen LogP contribution in [0.25, 0.3) is 0 Å². The van der Waals surface area contributed by atoms with Crippen molar-refractivity contribution in [3.8, 4) is 0 Å². The first kappa shape index (κ1) is 15.3. The highest BCUT2D eigenvalue weighted by molar-refractivity contribution is 5.79. The number of likely N-dealkylation sites (N-methyl/N-ethyl adjacent to an activating group) is 1. The Morgan fingerprint density at radius 3 is 2.25 bits per heavy atom. The molecule has 0 fully saturated rings. The number of carbonyl (C=O) groups is 1. The van der Waals surface area contributed by atoms with Crippen LogP contribution in [-0.4, -0.2) is 44.9 Å². The minimum Gasteiger partial charge on any atom is -0.379 e. The summed E-state index contributed by atoms with van der Waals surface area (Å²) in [5.41, 5.74) is 5.19. The van der Waals surface area contributed by atoms with E-state index < -0.39 is 6.04 Å². The van der Waals surface area contributed by atoms with Gasteiger partial charge in [0.05, 0.1) is 19.8 Å². The van der Waals surface area contributed by atoms with E-state index >= 15 is 0 Å². The number of ether oxygens (including phenoxy) is 2. The van der Waals surface area contributed by atoms with Crippen LogP contribution in [0.5, 0.6) is 0 Å². The summed E-state index contributed by atoms with van der Waals surface area (Å²) in [6, 6.07) is -0.407. The molecule has 0 bridgehead atoms. The molecule has 0 rings (SSSR count). The molecule has 0 radical (unpaired) electrons. The van der Waals surface area contributed by atoms with Crippen molar-refractivity contribution in [2.75, 3.05) is 33.0 Å². The molecular formula is C11H24N2O3. The highest BCUT2D eigenvalue weighted by atomic mass is 16.5. The summed E-state index contributed by atoms with van der Waals surface area (Å²) in [7, 11) is 0. The molecule has 0 aromatic carbocycles. The molecule has 0 aliphatic rings. The maximum absolute atomic E-state index is 10.9. The lowest BCUT2D eigenvalue weighted by Crippen LogP contribution is -2.44. The van der Waals surface area contributed by atoms with Gasteiger partial charge in [-0.3, -0.25) is 4.79 Å². The topological polar surface area (TPSA) is 73.6 Å². The summed E-state index contributed by atoms with van der Waals surface area (Å²) in [6.07, 6.45) is 0. The standard InChI is InChI=1S/C11H24N2O3/c1-4-13-10(11(12)14)8-16-6-5-15-7-9(2)3/h9-10,13H,4-8H2,1-3H3,(H2,12,14). The van der Waals surface area contributed by atoms with E-state index in [0.717, 1.165) is 6.61 Å². The molecule has 5 heteroatoms. The lowest BCUT2D eigenvalue weighted by Gasteiger charge is -2.14. The average molecular weight is 232 g/mol. The largest absolute Gasteiger partial charge is 0.379 e. The Morgan fingerprint density at radius 1 is 1.25 bits per heavy atom. The smallest absolute Gasteiger partial charge is 0.236 e. The van der Waals surface area contributed by atoms with Gasteiger partial charge in [0.2, 0.25) is 5.91 Å². The van der Waals surface area contributed by atoms with E-state index in [9.17, 15) is 4.79 Å². The maximum atomic E-state index is 10.9. The van der Waals surface area contributed by atoms with Crippen molar-refractivity contribution in [1.82, 2.24) is 5.32 Å². The SMILES string of the molecule is CCNC(COCCOCC(C)C)C(N)=O. The normalized spacial score (nSPS) is 13.0. The number of nitrogens with one attached hydrogen (secondary N) is 1. The molecule has 0 saturated carbocycles. The monoisotopic (exact) mass is 232 g/mol. The van der Waals surface area contributed by atoms with Crippen LogP contribution in [0.4, 0.5) is 0 Å². The third-order valence-corrected chi connectivity index (χ3v) is 1.90. The van der Waals surface area contributed by atoms with E-state index in [1.807, 2.05) is 6.92 Å². The lowest BCUT2D eigenvalue weighted by molar-refractivity contribution is -0.121.